The number of nitrogens with zero attached hydrogens (tertiary/aromatic N) is 2. The highest BCUT2D eigenvalue weighted by molar-refractivity contribution is 5.72. The highest BCUT2D eigenvalue weighted by atomic mass is 19.3. The second kappa shape index (κ2) is 8.38. The maximum Gasteiger partial charge on any atom is 0.270 e. The van der Waals surface area contributed by atoms with Crippen molar-refractivity contribution in [2.24, 2.45) is 0 Å². The van der Waals surface area contributed by atoms with Crippen molar-refractivity contribution in [1.82, 2.24) is 9.97 Å². The highest BCUT2D eigenvalue weighted by Crippen LogP contribution is 2.37. The van der Waals surface area contributed by atoms with Crippen LogP contribution in [-0.2, 0) is 13.0 Å². The molecular formula is C24H27F2N3O. The summed E-state index contributed by atoms with van der Waals surface area (Å²) in [5.41, 5.74) is 2.34. The summed E-state index contributed by atoms with van der Waals surface area (Å²) in [7, 11) is 0. The molecule has 2 aromatic rings. The van der Waals surface area contributed by atoms with Gasteiger partial charge < -0.3 is 10.1 Å². The lowest BCUT2D eigenvalue weighted by molar-refractivity contribution is 0.0674. The minimum absolute atomic E-state index is 0.112. The molecule has 6 heteroatoms. The Morgan fingerprint density at radius 3 is 2.77 bits per heavy atom. The van der Waals surface area contributed by atoms with Crippen molar-refractivity contribution in [1.29, 1.82) is 0 Å². The molecule has 30 heavy (non-hydrogen) atoms. The van der Waals surface area contributed by atoms with E-state index in [1.807, 2.05) is 12.1 Å². The van der Waals surface area contributed by atoms with Gasteiger partial charge in [-0.15, -0.1) is 0 Å². The van der Waals surface area contributed by atoms with E-state index in [9.17, 15) is 8.78 Å². The van der Waals surface area contributed by atoms with Crippen LogP contribution in [0.2, 0.25) is 0 Å². The first-order chi connectivity index (χ1) is 14.1. The van der Waals surface area contributed by atoms with Gasteiger partial charge in [-0.25, -0.2) is 18.7 Å². The summed E-state index contributed by atoms with van der Waals surface area (Å²) in [4.78, 5) is 8.70. The molecule has 2 heterocycles. The standard InChI is InChI=1S/C24H27F2N3O/c1-6-16(13-19(7-2)24(5,25)26)22-27-12-11-20(29-22)28-15-18-10-8-9-17-14-23(3,4)30-21(17)18/h6-13H,1,14-15H2,2-5H3,(H,27,28,29). The molecule has 0 bridgehead atoms. The first-order valence-electron chi connectivity index (χ1n) is 9.89. The largest absolute Gasteiger partial charge is 0.487 e. The molecule has 0 aliphatic carbocycles. The van der Waals surface area contributed by atoms with Crippen molar-refractivity contribution in [3.8, 4) is 5.75 Å². The number of fused-ring (bicyclic) bond motifs is 1. The van der Waals surface area contributed by atoms with Crippen molar-refractivity contribution in [3.05, 3.63) is 77.8 Å². The molecule has 0 spiro atoms. The van der Waals surface area contributed by atoms with Gasteiger partial charge >= 0.3 is 0 Å². The molecular weight excluding hydrogens is 384 g/mol. The molecule has 1 aliphatic heterocycles. The van der Waals surface area contributed by atoms with E-state index in [0.717, 1.165) is 24.7 Å². The highest BCUT2D eigenvalue weighted by Gasteiger charge is 2.31. The van der Waals surface area contributed by atoms with E-state index in [0.29, 0.717) is 23.8 Å². The molecule has 3 rings (SSSR count). The van der Waals surface area contributed by atoms with Crippen LogP contribution in [0.4, 0.5) is 14.6 Å². The molecule has 158 valence electrons. The summed E-state index contributed by atoms with van der Waals surface area (Å²) in [5, 5.41) is 3.28. The molecule has 0 saturated heterocycles. The van der Waals surface area contributed by atoms with E-state index < -0.39 is 5.92 Å². The van der Waals surface area contributed by atoms with Crippen molar-refractivity contribution in [2.75, 3.05) is 5.32 Å². The molecule has 1 aromatic carbocycles. The van der Waals surface area contributed by atoms with Gasteiger partial charge in [-0.2, -0.15) is 0 Å². The van der Waals surface area contributed by atoms with Gasteiger partial charge in [-0.05, 0) is 38.5 Å². The zero-order valence-electron chi connectivity index (χ0n) is 17.8. The summed E-state index contributed by atoms with van der Waals surface area (Å²) in [6.07, 6.45) is 6.69. The molecule has 0 saturated carbocycles. The van der Waals surface area contributed by atoms with Crippen LogP contribution >= 0.6 is 0 Å². The summed E-state index contributed by atoms with van der Waals surface area (Å²) in [6, 6.07) is 7.86. The summed E-state index contributed by atoms with van der Waals surface area (Å²) in [5.74, 6) is -1.12. The number of benzene rings is 1. The Morgan fingerprint density at radius 1 is 1.33 bits per heavy atom. The summed E-state index contributed by atoms with van der Waals surface area (Å²) in [6.45, 7) is 10.8. The number of anilines is 1. The van der Waals surface area contributed by atoms with E-state index in [-0.39, 0.29) is 11.2 Å². The quantitative estimate of drug-likeness (QED) is 0.570. The first kappa shape index (κ1) is 21.7. The lowest BCUT2D eigenvalue weighted by Crippen LogP contribution is -2.25. The third-order valence-electron chi connectivity index (χ3n) is 4.90. The van der Waals surface area contributed by atoms with Crippen LogP contribution in [0.3, 0.4) is 0 Å². The van der Waals surface area contributed by atoms with E-state index in [2.05, 4.69) is 41.8 Å². The Hall–Kier alpha value is -3.02. The van der Waals surface area contributed by atoms with Crippen molar-refractivity contribution in [2.45, 2.75) is 52.2 Å². The molecule has 0 fully saturated rings. The molecule has 1 aliphatic rings. The Bertz CT molecular complexity index is 1000. The number of allylic oxidation sites excluding steroid dienone is 5. The second-order valence-electron chi connectivity index (χ2n) is 8.00. The van der Waals surface area contributed by atoms with E-state index in [1.54, 1.807) is 19.2 Å². The van der Waals surface area contributed by atoms with Gasteiger partial charge in [0.25, 0.3) is 5.92 Å². The normalized spacial score (nSPS) is 16.1. The Morgan fingerprint density at radius 2 is 2.10 bits per heavy atom. The number of hydrogen-bond donors (Lipinski definition) is 1. The maximum atomic E-state index is 13.7. The predicted molar refractivity (Wildman–Crippen MR) is 117 cm³/mol. The summed E-state index contributed by atoms with van der Waals surface area (Å²) < 4.78 is 33.6. The van der Waals surface area contributed by atoms with Crippen molar-refractivity contribution >= 4 is 11.4 Å². The SMILES string of the molecule is C=CC(=CC(=CC)C(C)(F)F)c1nccc(NCc2cccc3c2OC(C)(C)C3)n1. The average molecular weight is 411 g/mol. The fraction of sp³-hybridized carbons (Fsp3) is 0.333. The van der Waals surface area contributed by atoms with Crippen LogP contribution < -0.4 is 10.1 Å². The third-order valence-corrected chi connectivity index (χ3v) is 4.90. The topological polar surface area (TPSA) is 47.0 Å². The zero-order chi connectivity index (χ0) is 21.9. The van der Waals surface area contributed by atoms with Gasteiger partial charge in [-0.1, -0.05) is 36.9 Å². The van der Waals surface area contributed by atoms with Crippen LogP contribution in [-0.4, -0.2) is 21.5 Å². The molecule has 1 N–H and O–H groups in total. The van der Waals surface area contributed by atoms with E-state index >= 15 is 0 Å². The van der Waals surface area contributed by atoms with Crippen LogP contribution in [0.5, 0.6) is 5.75 Å². The Labute approximate surface area is 176 Å². The van der Waals surface area contributed by atoms with Gasteiger partial charge in [0.15, 0.2) is 5.82 Å². The van der Waals surface area contributed by atoms with Gasteiger partial charge in [-0.3, -0.25) is 0 Å². The fourth-order valence-corrected chi connectivity index (χ4v) is 3.45. The van der Waals surface area contributed by atoms with E-state index in [1.165, 1.54) is 23.8 Å². The number of aromatic nitrogens is 2. The van der Waals surface area contributed by atoms with E-state index in [4.69, 9.17) is 4.74 Å². The average Bonchev–Trinajstić information content (AvgIpc) is 3.01. The minimum atomic E-state index is -2.96. The fourth-order valence-electron chi connectivity index (χ4n) is 3.45. The second-order valence-corrected chi connectivity index (χ2v) is 8.00. The molecule has 0 unspecified atom stereocenters. The maximum absolute atomic E-state index is 13.7. The number of nitrogens with one attached hydrogen (secondary N) is 1. The Kier molecular flexibility index (Phi) is 6.06. The van der Waals surface area contributed by atoms with Crippen molar-refractivity contribution in [3.63, 3.8) is 0 Å². The number of rotatable bonds is 7. The molecule has 0 amide bonds. The molecule has 1 aromatic heterocycles. The van der Waals surface area contributed by atoms with Crippen LogP contribution in [0.1, 0.15) is 44.6 Å². The number of hydrogen-bond acceptors (Lipinski definition) is 4. The molecule has 0 radical (unpaired) electrons. The van der Waals surface area contributed by atoms with Crippen LogP contribution in [0.15, 0.2) is 60.8 Å². The zero-order valence-corrected chi connectivity index (χ0v) is 17.8. The number of para-hydroxylation sites is 1. The predicted octanol–water partition coefficient (Wildman–Crippen LogP) is 5.97. The van der Waals surface area contributed by atoms with Gasteiger partial charge in [0, 0.05) is 42.8 Å². The third kappa shape index (κ3) is 4.93. The first-order valence-corrected chi connectivity index (χ1v) is 9.89. The number of halogens is 2. The van der Waals surface area contributed by atoms with Crippen molar-refractivity contribution < 1.29 is 13.5 Å². The van der Waals surface area contributed by atoms with Crippen LogP contribution in [0, 0.1) is 0 Å². The number of ether oxygens (including phenoxy) is 1. The smallest absolute Gasteiger partial charge is 0.270 e. The number of alkyl halides is 2. The lowest BCUT2D eigenvalue weighted by Gasteiger charge is -2.18. The molecule has 4 nitrogen and oxygen atoms in total. The minimum Gasteiger partial charge on any atom is -0.487 e. The lowest BCUT2D eigenvalue weighted by atomic mass is 10.0. The molecule has 0 atom stereocenters. The van der Waals surface area contributed by atoms with Gasteiger partial charge in [0.2, 0.25) is 0 Å². The van der Waals surface area contributed by atoms with Gasteiger partial charge in [0.1, 0.15) is 17.2 Å². The van der Waals surface area contributed by atoms with Crippen LogP contribution in [0.25, 0.3) is 5.57 Å². The Balaban J connectivity index is 1.81. The van der Waals surface area contributed by atoms with Gasteiger partial charge in [0.05, 0.1) is 0 Å². The monoisotopic (exact) mass is 411 g/mol. The summed E-state index contributed by atoms with van der Waals surface area (Å²) >= 11 is 0.